The largest absolute Gasteiger partial charge is 0.456 e. The fourth-order valence-corrected chi connectivity index (χ4v) is 17.6. The van der Waals surface area contributed by atoms with Crippen molar-refractivity contribution in [2.24, 2.45) is 0 Å². The standard InChI is InChI=1S/C101H64N2O4/c1-101(2)82-48-43-67(57-81(82)74-47-46-71(58-83(74)101)103(84-38-19-16-31-73(84)64-27-10-5-11-28-64)86-60-94-96(78-35-15-13-33-76(78)86)100-92(107-94)52-50-90-98(100)80-37-18-21-40-88(80)105-90)66-30-22-29-65(53-66)63-41-44-70(45-42-63)102(72-55-68(61-23-6-3-7-24-61)54-69(56-72)62-25-8-4-9-26-62)85-59-93-95(77-34-14-12-32-75(77)85)99-91(106-93)51-49-89-97(99)79-36-17-20-39-87(79)104-89/h3-60H,1-2H3. The lowest BCUT2D eigenvalue weighted by Crippen LogP contribution is -2.17. The maximum Gasteiger partial charge on any atom is 0.138 e. The minimum absolute atomic E-state index is 0.330. The normalized spacial score (nSPS) is 12.7. The van der Waals surface area contributed by atoms with E-state index in [9.17, 15) is 0 Å². The molecule has 0 bridgehead atoms. The van der Waals surface area contributed by atoms with Gasteiger partial charge < -0.3 is 27.5 Å². The second-order valence-electron chi connectivity index (χ2n) is 29.0. The highest BCUT2D eigenvalue weighted by atomic mass is 16.3. The summed E-state index contributed by atoms with van der Waals surface area (Å²) in [5.41, 5.74) is 28.9. The second-order valence-corrected chi connectivity index (χ2v) is 29.0. The van der Waals surface area contributed by atoms with Gasteiger partial charge in [0.05, 0.1) is 17.1 Å². The molecule has 0 atom stereocenters. The van der Waals surface area contributed by atoms with Crippen LogP contribution in [0.5, 0.6) is 0 Å². The molecule has 4 aromatic heterocycles. The number of rotatable bonds is 11. The third kappa shape index (κ3) is 9.45. The molecular weight excluding hydrogens is 1310 g/mol. The fourth-order valence-electron chi connectivity index (χ4n) is 17.6. The van der Waals surface area contributed by atoms with E-state index < -0.39 is 0 Å². The van der Waals surface area contributed by atoms with Crippen LogP contribution in [-0.4, -0.2) is 0 Å². The van der Waals surface area contributed by atoms with Crippen LogP contribution in [0, 0.1) is 0 Å². The molecule has 107 heavy (non-hydrogen) atoms. The Bertz CT molecular complexity index is 7160. The lowest BCUT2D eigenvalue weighted by Gasteiger charge is -2.30. The highest BCUT2D eigenvalue weighted by Gasteiger charge is 2.37. The van der Waals surface area contributed by atoms with Crippen molar-refractivity contribution in [3.8, 4) is 66.8 Å². The number of anilines is 6. The molecule has 0 N–H and O–H groups in total. The summed E-state index contributed by atoms with van der Waals surface area (Å²) in [7, 11) is 0. The van der Waals surface area contributed by atoms with Crippen molar-refractivity contribution in [3.05, 3.63) is 363 Å². The molecule has 0 amide bonds. The van der Waals surface area contributed by atoms with Crippen molar-refractivity contribution in [2.75, 3.05) is 9.80 Å². The van der Waals surface area contributed by atoms with Gasteiger partial charge in [0.25, 0.3) is 0 Å². The van der Waals surface area contributed by atoms with Crippen LogP contribution in [0.25, 0.3) is 176 Å². The molecule has 0 aliphatic heterocycles. The SMILES string of the molecule is CC1(C)c2ccc(-c3cccc(-c4ccc(N(c5cc(-c6ccccc6)cc(-c6ccccc6)c5)c5cc6oc7ccc8oc9ccccc9c8c7c6c6ccccc56)cc4)c3)cc2-c2ccc(N(c3ccccc3-c3ccccc3)c3cc4oc5ccc6oc7ccccc7c6c5c4c4ccccc34)cc21. The Balaban J connectivity index is 0.659. The van der Waals surface area contributed by atoms with Gasteiger partial charge in [-0.05, 0) is 180 Å². The van der Waals surface area contributed by atoms with Crippen molar-refractivity contribution in [2.45, 2.75) is 19.3 Å². The van der Waals surface area contributed by atoms with Gasteiger partial charge in [0, 0.05) is 94.0 Å². The van der Waals surface area contributed by atoms with Gasteiger partial charge >= 0.3 is 0 Å². The Morgan fingerprint density at radius 2 is 0.607 bits per heavy atom. The first-order chi connectivity index (χ1) is 52.8. The summed E-state index contributed by atoms with van der Waals surface area (Å²) in [6.45, 7) is 4.76. The van der Waals surface area contributed by atoms with Gasteiger partial charge in [0.1, 0.15) is 44.7 Å². The number of benzene rings is 17. The Kier molecular flexibility index (Phi) is 13.3. The van der Waals surface area contributed by atoms with Crippen molar-refractivity contribution < 1.29 is 17.7 Å². The van der Waals surface area contributed by atoms with Gasteiger partial charge in [-0.1, -0.05) is 257 Å². The lowest BCUT2D eigenvalue weighted by molar-refractivity contribution is 0.660. The summed E-state index contributed by atoms with van der Waals surface area (Å²) in [6.07, 6.45) is 0. The number of hydrogen-bond acceptors (Lipinski definition) is 6. The van der Waals surface area contributed by atoms with Gasteiger partial charge in [0.2, 0.25) is 0 Å². The van der Waals surface area contributed by atoms with E-state index in [1.165, 1.54) is 22.3 Å². The van der Waals surface area contributed by atoms with Gasteiger partial charge in [-0.15, -0.1) is 0 Å². The van der Waals surface area contributed by atoms with E-state index in [2.05, 4.69) is 339 Å². The van der Waals surface area contributed by atoms with Crippen molar-refractivity contribution >= 4 is 143 Å². The average molecular weight is 1370 g/mol. The maximum absolute atomic E-state index is 7.04. The fraction of sp³-hybridized carbons (Fsp3) is 0.0297. The molecule has 0 fully saturated rings. The predicted octanol–water partition coefficient (Wildman–Crippen LogP) is 29.2. The lowest BCUT2D eigenvalue weighted by atomic mass is 9.82. The van der Waals surface area contributed by atoms with Crippen LogP contribution in [0.15, 0.2) is 370 Å². The minimum Gasteiger partial charge on any atom is -0.456 e. The second kappa shape index (κ2) is 23.5. The Morgan fingerprint density at radius 1 is 0.196 bits per heavy atom. The smallest absolute Gasteiger partial charge is 0.138 e. The molecule has 0 radical (unpaired) electrons. The maximum atomic E-state index is 7.04. The average Bonchev–Trinajstić information content (AvgIpc) is 1.59. The van der Waals surface area contributed by atoms with Gasteiger partial charge in [-0.2, -0.15) is 0 Å². The van der Waals surface area contributed by atoms with E-state index in [-0.39, 0.29) is 5.41 Å². The zero-order valence-corrected chi connectivity index (χ0v) is 58.5. The van der Waals surface area contributed by atoms with E-state index in [1.54, 1.807) is 0 Å². The van der Waals surface area contributed by atoms with Crippen LogP contribution < -0.4 is 9.80 Å². The number of nitrogens with zero attached hydrogens (tertiary/aromatic N) is 2. The first-order valence-corrected chi connectivity index (χ1v) is 36.7. The molecule has 0 saturated heterocycles. The molecule has 1 aliphatic carbocycles. The van der Waals surface area contributed by atoms with Crippen molar-refractivity contribution in [1.29, 1.82) is 0 Å². The first kappa shape index (κ1) is 60.6. The van der Waals surface area contributed by atoms with Gasteiger partial charge in [-0.3, -0.25) is 0 Å². The number of furan rings is 4. The number of para-hydroxylation sites is 3. The molecule has 1 aliphatic rings. The molecule has 17 aromatic carbocycles. The van der Waals surface area contributed by atoms with Crippen LogP contribution in [0.3, 0.4) is 0 Å². The topological polar surface area (TPSA) is 59.0 Å². The highest BCUT2D eigenvalue weighted by molar-refractivity contribution is 6.34. The Morgan fingerprint density at radius 3 is 1.19 bits per heavy atom. The molecule has 502 valence electrons. The monoisotopic (exact) mass is 1370 g/mol. The van der Waals surface area contributed by atoms with E-state index in [1.807, 2.05) is 36.4 Å². The molecule has 0 unspecified atom stereocenters. The molecule has 0 spiro atoms. The van der Waals surface area contributed by atoms with Crippen LogP contribution in [0.2, 0.25) is 0 Å². The predicted molar refractivity (Wildman–Crippen MR) is 445 cm³/mol. The van der Waals surface area contributed by atoms with E-state index in [0.717, 1.165) is 199 Å². The zero-order valence-electron chi connectivity index (χ0n) is 58.5. The quantitative estimate of drug-likeness (QED) is 0.129. The molecule has 22 rings (SSSR count). The summed E-state index contributed by atoms with van der Waals surface area (Å²) >= 11 is 0. The molecule has 0 saturated carbocycles. The van der Waals surface area contributed by atoms with Crippen LogP contribution in [-0.2, 0) is 5.41 Å². The third-order valence-electron chi connectivity index (χ3n) is 22.6. The first-order valence-electron chi connectivity index (χ1n) is 36.7. The zero-order chi connectivity index (χ0) is 70.6. The molecule has 6 heteroatoms. The molecule has 4 heterocycles. The summed E-state index contributed by atoms with van der Waals surface area (Å²) in [5.74, 6) is 0. The van der Waals surface area contributed by atoms with Gasteiger partial charge in [0.15, 0.2) is 0 Å². The summed E-state index contributed by atoms with van der Waals surface area (Å²) in [6, 6.07) is 127. The summed E-state index contributed by atoms with van der Waals surface area (Å²) < 4.78 is 27.1. The summed E-state index contributed by atoms with van der Waals surface area (Å²) in [4.78, 5) is 4.89. The van der Waals surface area contributed by atoms with Crippen molar-refractivity contribution in [1.82, 2.24) is 0 Å². The molecular formula is C101H64N2O4. The van der Waals surface area contributed by atoms with Crippen LogP contribution >= 0.6 is 0 Å². The Labute approximate surface area is 616 Å². The van der Waals surface area contributed by atoms with E-state index in [4.69, 9.17) is 17.7 Å². The van der Waals surface area contributed by atoms with Gasteiger partial charge in [-0.25, -0.2) is 0 Å². The minimum atomic E-state index is -0.330. The van der Waals surface area contributed by atoms with Crippen LogP contribution in [0.1, 0.15) is 25.0 Å². The number of hydrogen-bond donors (Lipinski definition) is 0. The Hall–Kier alpha value is -13.9. The van der Waals surface area contributed by atoms with Crippen LogP contribution in [0.4, 0.5) is 34.1 Å². The molecule has 21 aromatic rings. The van der Waals surface area contributed by atoms with Crippen molar-refractivity contribution in [3.63, 3.8) is 0 Å². The number of fused-ring (bicyclic) bond motifs is 21. The molecule has 6 nitrogen and oxygen atoms in total. The summed E-state index contributed by atoms with van der Waals surface area (Å²) in [5, 5.41) is 13.0. The van der Waals surface area contributed by atoms with E-state index in [0.29, 0.717) is 0 Å². The third-order valence-corrected chi connectivity index (χ3v) is 22.6. The van der Waals surface area contributed by atoms with E-state index >= 15 is 0 Å². The highest BCUT2D eigenvalue weighted by Crippen LogP contribution is 2.56.